The van der Waals surface area contributed by atoms with Crippen LogP contribution in [0.5, 0.6) is 0 Å². The fourth-order valence-electron chi connectivity index (χ4n) is 1.17. The van der Waals surface area contributed by atoms with Gasteiger partial charge in [-0.05, 0) is 24.6 Å². The Balaban J connectivity index is 2.57. The molecule has 0 atom stereocenters. The summed E-state index contributed by atoms with van der Waals surface area (Å²) in [5.74, 6) is -0.110. The molecule has 0 saturated heterocycles. The first-order valence-corrected chi connectivity index (χ1v) is 6.90. The highest BCUT2D eigenvalue weighted by Crippen LogP contribution is 2.14. The molecule has 7 heteroatoms. The molecular weight excluding hydrogens is 258 g/mol. The number of carbonyl (C=O) groups excluding carboxylic acids is 1. The average molecular weight is 273 g/mol. The van der Waals surface area contributed by atoms with Gasteiger partial charge in [0, 0.05) is 12.6 Å². The molecule has 0 fully saturated rings. The molecule has 1 aromatic heterocycles. The molecule has 2 N–H and O–H groups in total. The molecule has 0 unspecified atom stereocenters. The van der Waals surface area contributed by atoms with Gasteiger partial charge in [-0.1, -0.05) is 13.3 Å². The van der Waals surface area contributed by atoms with E-state index in [1.54, 1.807) is 0 Å². The van der Waals surface area contributed by atoms with Gasteiger partial charge in [-0.2, -0.15) is 8.42 Å². The lowest BCUT2D eigenvalue weighted by Crippen LogP contribution is -2.21. The van der Waals surface area contributed by atoms with Gasteiger partial charge in [-0.3, -0.25) is 9.35 Å². The second kappa shape index (κ2) is 6.36. The van der Waals surface area contributed by atoms with Crippen LogP contribution in [0.4, 0.5) is 0 Å². The summed E-state index contributed by atoms with van der Waals surface area (Å²) in [6.45, 7) is 2.61. The van der Waals surface area contributed by atoms with Crippen molar-refractivity contribution in [2.45, 2.75) is 24.9 Å². The summed E-state index contributed by atoms with van der Waals surface area (Å²) in [4.78, 5) is 11.3. The Hall–Kier alpha value is -1.60. The quantitative estimate of drug-likeness (QED) is 0.464. The van der Waals surface area contributed by atoms with Gasteiger partial charge in [-0.15, -0.1) is 0 Å². The van der Waals surface area contributed by atoms with E-state index in [1.165, 1.54) is 18.2 Å². The van der Waals surface area contributed by atoms with Crippen LogP contribution in [0.1, 0.15) is 25.5 Å². The van der Waals surface area contributed by atoms with Gasteiger partial charge in [0.05, 0.1) is 0 Å². The predicted octanol–water partition coefficient (Wildman–Crippen LogP) is 1.46. The van der Waals surface area contributed by atoms with Crippen LogP contribution in [-0.4, -0.2) is 25.4 Å². The first-order valence-electron chi connectivity index (χ1n) is 5.46. The number of furan rings is 1. The second-order valence-electron chi connectivity index (χ2n) is 3.61. The van der Waals surface area contributed by atoms with Crippen molar-refractivity contribution in [2.75, 3.05) is 6.54 Å². The van der Waals surface area contributed by atoms with E-state index >= 15 is 0 Å². The maximum absolute atomic E-state index is 11.3. The highest BCUT2D eigenvalue weighted by molar-refractivity contribution is 7.85. The lowest BCUT2D eigenvalue weighted by Gasteiger charge is -1.98. The third-order valence-corrected chi connectivity index (χ3v) is 2.81. The molecule has 1 aromatic rings. The molecule has 0 saturated carbocycles. The maximum Gasteiger partial charge on any atom is 0.328 e. The molecule has 0 aromatic carbocycles. The zero-order valence-electron chi connectivity index (χ0n) is 9.92. The summed E-state index contributed by atoms with van der Waals surface area (Å²) >= 11 is 0. The first kappa shape index (κ1) is 14.5. The Labute approximate surface area is 105 Å². The van der Waals surface area contributed by atoms with Gasteiger partial charge in [0.15, 0.2) is 0 Å². The minimum absolute atomic E-state index is 0.174. The molecule has 6 nitrogen and oxygen atoms in total. The molecule has 1 amide bonds. The van der Waals surface area contributed by atoms with Gasteiger partial charge >= 0.3 is 10.1 Å². The SMILES string of the molecule is CCCCNC(=O)/C=C/c1ccc(S(=O)(=O)O)o1. The van der Waals surface area contributed by atoms with Crippen LogP contribution in [0.3, 0.4) is 0 Å². The van der Waals surface area contributed by atoms with Crippen LogP contribution in [-0.2, 0) is 14.9 Å². The van der Waals surface area contributed by atoms with Crippen molar-refractivity contribution in [2.24, 2.45) is 0 Å². The van der Waals surface area contributed by atoms with Gasteiger partial charge in [0.1, 0.15) is 5.76 Å². The van der Waals surface area contributed by atoms with E-state index in [0.717, 1.165) is 18.9 Å². The standard InChI is InChI=1S/C11H15NO5S/c1-2-3-8-12-10(13)6-4-9-5-7-11(17-9)18(14,15)16/h4-7H,2-3,8H2,1H3,(H,12,13)(H,14,15,16)/b6-4+. The van der Waals surface area contributed by atoms with E-state index in [2.05, 4.69) is 5.32 Å². The minimum Gasteiger partial charge on any atom is -0.443 e. The molecule has 1 rings (SSSR count). The molecule has 0 aliphatic rings. The summed E-state index contributed by atoms with van der Waals surface area (Å²) in [6.07, 6.45) is 4.45. The third kappa shape index (κ3) is 4.72. The van der Waals surface area contributed by atoms with E-state index < -0.39 is 15.2 Å². The van der Waals surface area contributed by atoms with E-state index in [-0.39, 0.29) is 11.7 Å². The Morgan fingerprint density at radius 2 is 2.22 bits per heavy atom. The molecule has 1 heterocycles. The average Bonchev–Trinajstić information content (AvgIpc) is 2.75. The molecule has 0 aliphatic heterocycles. The van der Waals surface area contributed by atoms with E-state index in [9.17, 15) is 13.2 Å². The number of unbranched alkanes of at least 4 members (excludes halogenated alkanes) is 1. The van der Waals surface area contributed by atoms with Gasteiger partial charge in [0.25, 0.3) is 0 Å². The van der Waals surface area contributed by atoms with Crippen molar-refractivity contribution in [3.8, 4) is 0 Å². The third-order valence-electron chi connectivity index (χ3n) is 2.08. The van der Waals surface area contributed by atoms with Gasteiger partial charge < -0.3 is 9.73 Å². The topological polar surface area (TPSA) is 96.6 Å². The first-order chi connectivity index (χ1) is 8.43. The van der Waals surface area contributed by atoms with E-state index in [1.807, 2.05) is 6.92 Å². The summed E-state index contributed by atoms with van der Waals surface area (Å²) in [6, 6.07) is 2.46. The van der Waals surface area contributed by atoms with Crippen molar-refractivity contribution < 1.29 is 22.2 Å². The Morgan fingerprint density at radius 3 is 2.78 bits per heavy atom. The molecule has 0 aliphatic carbocycles. The number of nitrogens with one attached hydrogen (secondary N) is 1. The van der Waals surface area contributed by atoms with Crippen molar-refractivity contribution in [3.05, 3.63) is 24.0 Å². The largest absolute Gasteiger partial charge is 0.443 e. The van der Waals surface area contributed by atoms with Crippen molar-refractivity contribution in [1.82, 2.24) is 5.32 Å². The van der Waals surface area contributed by atoms with Crippen molar-refractivity contribution in [1.29, 1.82) is 0 Å². The van der Waals surface area contributed by atoms with E-state index in [0.29, 0.717) is 6.54 Å². The van der Waals surface area contributed by atoms with Crippen LogP contribution in [0.2, 0.25) is 0 Å². The number of hydrogen-bond acceptors (Lipinski definition) is 4. The molecule has 0 spiro atoms. The predicted molar refractivity (Wildman–Crippen MR) is 65.5 cm³/mol. The Bertz CT molecular complexity index is 529. The van der Waals surface area contributed by atoms with Crippen LogP contribution in [0.25, 0.3) is 6.08 Å². The van der Waals surface area contributed by atoms with Gasteiger partial charge in [0.2, 0.25) is 11.0 Å². The second-order valence-corrected chi connectivity index (χ2v) is 4.96. The van der Waals surface area contributed by atoms with Crippen molar-refractivity contribution >= 4 is 22.1 Å². The fourth-order valence-corrected chi connectivity index (χ4v) is 1.61. The van der Waals surface area contributed by atoms with Crippen molar-refractivity contribution in [3.63, 3.8) is 0 Å². The van der Waals surface area contributed by atoms with Gasteiger partial charge in [-0.25, -0.2) is 0 Å². The lowest BCUT2D eigenvalue weighted by atomic mass is 10.3. The van der Waals surface area contributed by atoms with Crippen LogP contribution in [0, 0.1) is 0 Å². The lowest BCUT2D eigenvalue weighted by molar-refractivity contribution is -0.116. The van der Waals surface area contributed by atoms with Crippen LogP contribution in [0.15, 0.2) is 27.7 Å². The van der Waals surface area contributed by atoms with Crippen LogP contribution >= 0.6 is 0 Å². The zero-order valence-corrected chi connectivity index (χ0v) is 10.7. The summed E-state index contributed by atoms with van der Waals surface area (Å²) < 4.78 is 35.0. The zero-order chi connectivity index (χ0) is 13.6. The minimum atomic E-state index is -4.34. The number of amides is 1. The highest BCUT2D eigenvalue weighted by Gasteiger charge is 2.13. The number of carbonyl (C=O) groups is 1. The fraction of sp³-hybridized carbons (Fsp3) is 0.364. The molecular formula is C11H15NO5S. The normalized spacial score (nSPS) is 11.9. The Kier molecular flexibility index (Phi) is 5.11. The number of hydrogen-bond donors (Lipinski definition) is 2. The maximum atomic E-state index is 11.3. The highest BCUT2D eigenvalue weighted by atomic mass is 32.2. The molecule has 100 valence electrons. The molecule has 18 heavy (non-hydrogen) atoms. The van der Waals surface area contributed by atoms with Crippen LogP contribution < -0.4 is 5.32 Å². The monoisotopic (exact) mass is 273 g/mol. The summed E-state index contributed by atoms with van der Waals surface area (Å²) in [5.41, 5.74) is 0. The molecule has 0 radical (unpaired) electrons. The number of rotatable bonds is 6. The molecule has 0 bridgehead atoms. The summed E-state index contributed by atoms with van der Waals surface area (Å²) in [5, 5.41) is 2.11. The summed E-state index contributed by atoms with van der Waals surface area (Å²) in [7, 11) is -4.34. The van der Waals surface area contributed by atoms with E-state index in [4.69, 9.17) is 8.97 Å². The smallest absolute Gasteiger partial charge is 0.328 e. The Morgan fingerprint density at radius 1 is 1.50 bits per heavy atom.